The fourth-order valence-corrected chi connectivity index (χ4v) is 2.91. The van der Waals surface area contributed by atoms with Gasteiger partial charge in [0, 0.05) is 11.3 Å². The minimum Gasteiger partial charge on any atom is -0.383 e. The smallest absolute Gasteiger partial charge is 0.164 e. The molecule has 0 spiro atoms. The maximum Gasteiger partial charge on any atom is 0.164 e. The number of nitrogens with zero attached hydrogens (tertiary/aromatic N) is 2. The van der Waals surface area contributed by atoms with Gasteiger partial charge in [-0.3, -0.25) is 0 Å². The van der Waals surface area contributed by atoms with Crippen LogP contribution in [0.4, 0.5) is 10.2 Å². The third kappa shape index (κ3) is 1.96. The highest BCUT2D eigenvalue weighted by molar-refractivity contribution is 5.92. The molecule has 2 heterocycles. The molecular weight excluding hydrogens is 267 g/mol. The van der Waals surface area contributed by atoms with Crippen molar-refractivity contribution >= 4 is 16.9 Å². The van der Waals surface area contributed by atoms with Crippen LogP contribution in [0.25, 0.3) is 22.4 Å². The lowest BCUT2D eigenvalue weighted by Crippen LogP contribution is -1.98. The fraction of sp³-hybridized carbons (Fsp3) is 0.250. The maximum absolute atomic E-state index is 13.4. The summed E-state index contributed by atoms with van der Waals surface area (Å²) in [5.41, 5.74) is 9.86. The van der Waals surface area contributed by atoms with Gasteiger partial charge < -0.3 is 10.7 Å². The number of halogens is 1. The standard InChI is InChI=1S/C16H15FN4/c1-8-12(9-5-6-9)13-14(18)20-15(21-16(13)19-8)10-3-2-4-11(17)7-10/h2-4,7,9H,5-6H2,1H3,(H3,18,19,20,21). The molecule has 0 unspecified atom stereocenters. The van der Waals surface area contributed by atoms with Crippen LogP contribution in [0.3, 0.4) is 0 Å². The molecule has 1 fully saturated rings. The number of nitrogen functional groups attached to an aromatic ring is 1. The normalized spacial score (nSPS) is 14.8. The van der Waals surface area contributed by atoms with Crippen LogP contribution in [-0.2, 0) is 0 Å². The van der Waals surface area contributed by atoms with Gasteiger partial charge in [-0.05, 0) is 43.4 Å². The molecule has 106 valence electrons. The summed E-state index contributed by atoms with van der Waals surface area (Å²) >= 11 is 0. The highest BCUT2D eigenvalue weighted by atomic mass is 19.1. The molecule has 4 nitrogen and oxygen atoms in total. The third-order valence-corrected chi connectivity index (χ3v) is 3.98. The Balaban J connectivity index is 1.94. The van der Waals surface area contributed by atoms with Crippen molar-refractivity contribution in [3.05, 3.63) is 41.3 Å². The summed E-state index contributed by atoms with van der Waals surface area (Å²) in [7, 11) is 0. The molecule has 1 saturated carbocycles. The Bertz CT molecular complexity index is 849. The van der Waals surface area contributed by atoms with E-state index in [2.05, 4.69) is 15.0 Å². The molecule has 0 radical (unpaired) electrons. The first-order valence-electron chi connectivity index (χ1n) is 7.05. The predicted molar refractivity (Wildman–Crippen MR) is 80.4 cm³/mol. The molecule has 0 bridgehead atoms. The Morgan fingerprint density at radius 3 is 2.81 bits per heavy atom. The maximum atomic E-state index is 13.4. The van der Waals surface area contributed by atoms with Crippen molar-refractivity contribution in [2.24, 2.45) is 0 Å². The van der Waals surface area contributed by atoms with E-state index in [4.69, 9.17) is 5.73 Å². The first-order chi connectivity index (χ1) is 10.1. The summed E-state index contributed by atoms with van der Waals surface area (Å²) in [5, 5.41) is 0.926. The number of anilines is 1. The lowest BCUT2D eigenvalue weighted by atomic mass is 10.1. The van der Waals surface area contributed by atoms with Crippen molar-refractivity contribution < 1.29 is 4.39 Å². The van der Waals surface area contributed by atoms with Crippen LogP contribution in [0, 0.1) is 12.7 Å². The Hall–Kier alpha value is -2.43. The molecule has 1 aliphatic carbocycles. The lowest BCUT2D eigenvalue weighted by molar-refractivity contribution is 0.628. The first kappa shape index (κ1) is 12.3. The Morgan fingerprint density at radius 2 is 2.10 bits per heavy atom. The SMILES string of the molecule is Cc1[nH]c2nc(-c3cccc(F)c3)nc(N)c2c1C1CC1. The van der Waals surface area contributed by atoms with Crippen LogP contribution < -0.4 is 5.73 Å². The van der Waals surface area contributed by atoms with Crippen molar-refractivity contribution in [3.63, 3.8) is 0 Å². The summed E-state index contributed by atoms with van der Waals surface area (Å²) < 4.78 is 13.4. The average Bonchev–Trinajstić information content (AvgIpc) is 3.21. The molecular formula is C16H15FN4. The number of nitrogens with one attached hydrogen (secondary N) is 1. The van der Waals surface area contributed by atoms with Crippen LogP contribution in [0.2, 0.25) is 0 Å². The summed E-state index contributed by atoms with van der Waals surface area (Å²) in [6.45, 7) is 2.04. The second-order valence-corrected chi connectivity index (χ2v) is 5.60. The Morgan fingerprint density at radius 1 is 1.29 bits per heavy atom. The number of benzene rings is 1. The molecule has 0 amide bonds. The molecule has 0 saturated heterocycles. The van der Waals surface area contributed by atoms with Crippen LogP contribution in [0.1, 0.15) is 30.0 Å². The number of aromatic amines is 1. The number of hydrogen-bond donors (Lipinski definition) is 2. The van der Waals surface area contributed by atoms with Crippen molar-refractivity contribution in [1.82, 2.24) is 15.0 Å². The zero-order valence-corrected chi connectivity index (χ0v) is 11.7. The summed E-state index contributed by atoms with van der Waals surface area (Å²) in [6.07, 6.45) is 2.39. The highest BCUT2D eigenvalue weighted by Gasteiger charge is 2.30. The number of nitrogens with two attached hydrogens (primary N) is 1. The van der Waals surface area contributed by atoms with E-state index < -0.39 is 0 Å². The second kappa shape index (κ2) is 4.28. The molecule has 2 aromatic heterocycles. The quantitative estimate of drug-likeness (QED) is 0.755. The zero-order valence-electron chi connectivity index (χ0n) is 11.7. The number of aromatic nitrogens is 3. The van der Waals surface area contributed by atoms with E-state index in [9.17, 15) is 4.39 Å². The van der Waals surface area contributed by atoms with Crippen molar-refractivity contribution in [1.29, 1.82) is 0 Å². The van der Waals surface area contributed by atoms with Gasteiger partial charge >= 0.3 is 0 Å². The van der Waals surface area contributed by atoms with Gasteiger partial charge in [0.2, 0.25) is 0 Å². The topological polar surface area (TPSA) is 67.6 Å². The average molecular weight is 282 g/mol. The molecule has 1 aromatic carbocycles. The van der Waals surface area contributed by atoms with Crippen molar-refractivity contribution in [3.8, 4) is 11.4 Å². The highest BCUT2D eigenvalue weighted by Crippen LogP contribution is 2.45. The Labute approximate surface area is 121 Å². The molecule has 0 aliphatic heterocycles. The van der Waals surface area contributed by atoms with Gasteiger partial charge in [-0.1, -0.05) is 12.1 Å². The molecule has 3 aromatic rings. The third-order valence-electron chi connectivity index (χ3n) is 3.98. The van der Waals surface area contributed by atoms with Crippen molar-refractivity contribution in [2.75, 3.05) is 5.73 Å². The van der Waals surface area contributed by atoms with E-state index in [1.807, 2.05) is 6.92 Å². The van der Waals surface area contributed by atoms with Gasteiger partial charge in [-0.25, -0.2) is 14.4 Å². The van der Waals surface area contributed by atoms with E-state index in [1.165, 1.54) is 30.5 Å². The summed E-state index contributed by atoms with van der Waals surface area (Å²) in [5.74, 6) is 1.18. The van der Waals surface area contributed by atoms with E-state index >= 15 is 0 Å². The van der Waals surface area contributed by atoms with E-state index in [0.717, 1.165) is 16.7 Å². The minimum absolute atomic E-state index is 0.309. The molecule has 21 heavy (non-hydrogen) atoms. The van der Waals surface area contributed by atoms with Crippen LogP contribution in [-0.4, -0.2) is 15.0 Å². The largest absolute Gasteiger partial charge is 0.383 e. The van der Waals surface area contributed by atoms with E-state index in [-0.39, 0.29) is 5.82 Å². The zero-order chi connectivity index (χ0) is 14.6. The number of aryl methyl sites for hydroxylation is 1. The minimum atomic E-state index is -0.309. The molecule has 3 N–H and O–H groups in total. The van der Waals surface area contributed by atoms with Gasteiger partial charge in [0.15, 0.2) is 5.82 Å². The van der Waals surface area contributed by atoms with Gasteiger partial charge in [0.1, 0.15) is 17.3 Å². The second-order valence-electron chi connectivity index (χ2n) is 5.60. The van der Waals surface area contributed by atoms with Gasteiger partial charge in [0.25, 0.3) is 0 Å². The molecule has 1 aliphatic rings. The number of fused-ring (bicyclic) bond motifs is 1. The molecule has 0 atom stereocenters. The van der Waals surface area contributed by atoms with Crippen molar-refractivity contribution in [2.45, 2.75) is 25.7 Å². The molecule has 5 heteroatoms. The van der Waals surface area contributed by atoms with Crippen LogP contribution in [0.15, 0.2) is 24.3 Å². The summed E-state index contributed by atoms with van der Waals surface area (Å²) in [6, 6.07) is 6.23. The fourth-order valence-electron chi connectivity index (χ4n) is 2.91. The number of hydrogen-bond acceptors (Lipinski definition) is 3. The van der Waals surface area contributed by atoms with Gasteiger partial charge in [0.05, 0.1) is 5.39 Å². The first-order valence-corrected chi connectivity index (χ1v) is 7.05. The number of rotatable bonds is 2. The van der Waals surface area contributed by atoms with Crippen LogP contribution in [0.5, 0.6) is 0 Å². The number of H-pyrrole nitrogens is 1. The van der Waals surface area contributed by atoms with E-state index in [0.29, 0.717) is 23.1 Å². The Kier molecular flexibility index (Phi) is 2.51. The lowest BCUT2D eigenvalue weighted by Gasteiger charge is -2.04. The van der Waals surface area contributed by atoms with E-state index in [1.54, 1.807) is 12.1 Å². The monoisotopic (exact) mass is 282 g/mol. The van der Waals surface area contributed by atoms with Gasteiger partial charge in [-0.2, -0.15) is 0 Å². The van der Waals surface area contributed by atoms with Crippen LogP contribution >= 0.6 is 0 Å². The van der Waals surface area contributed by atoms with Gasteiger partial charge in [-0.15, -0.1) is 0 Å². The molecule has 4 rings (SSSR count). The predicted octanol–water partition coefficient (Wildman–Crippen LogP) is 3.53. The summed E-state index contributed by atoms with van der Waals surface area (Å²) in [4.78, 5) is 12.2.